The predicted molar refractivity (Wildman–Crippen MR) is 84.0 cm³/mol. The zero-order valence-corrected chi connectivity index (χ0v) is 12.8. The molecular formula is C18H24N2O2. The fraction of sp³-hybridized carbons (Fsp3) is 0.611. The maximum Gasteiger partial charge on any atom is 0.256 e. The van der Waals surface area contributed by atoms with E-state index in [0.717, 1.165) is 49.8 Å². The molecule has 3 fully saturated rings. The van der Waals surface area contributed by atoms with Gasteiger partial charge in [0.15, 0.2) is 5.60 Å². The van der Waals surface area contributed by atoms with Crippen LogP contribution in [-0.2, 0) is 10.4 Å². The lowest BCUT2D eigenvalue weighted by atomic mass is 9.69. The predicted octanol–water partition coefficient (Wildman–Crippen LogP) is 1.26. The van der Waals surface area contributed by atoms with Gasteiger partial charge in [-0.15, -0.1) is 0 Å². The highest BCUT2D eigenvalue weighted by Crippen LogP contribution is 2.48. The minimum atomic E-state index is -1.36. The van der Waals surface area contributed by atoms with E-state index in [1.54, 1.807) is 0 Å². The molecule has 4 atom stereocenters. The van der Waals surface area contributed by atoms with Crippen molar-refractivity contribution in [3.63, 3.8) is 0 Å². The first-order chi connectivity index (χ1) is 10.7. The lowest BCUT2D eigenvalue weighted by molar-refractivity contribution is -0.152. The van der Waals surface area contributed by atoms with E-state index in [2.05, 4.69) is 10.6 Å². The van der Waals surface area contributed by atoms with Crippen LogP contribution in [0.3, 0.4) is 0 Å². The van der Waals surface area contributed by atoms with Crippen LogP contribution < -0.4 is 10.6 Å². The van der Waals surface area contributed by atoms with Crippen molar-refractivity contribution in [2.75, 3.05) is 19.6 Å². The lowest BCUT2D eigenvalue weighted by Gasteiger charge is -2.40. The Morgan fingerprint density at radius 1 is 1.23 bits per heavy atom. The highest BCUT2D eigenvalue weighted by molar-refractivity contribution is 5.86. The van der Waals surface area contributed by atoms with Crippen LogP contribution in [0, 0.1) is 23.7 Å². The van der Waals surface area contributed by atoms with E-state index in [1.807, 2.05) is 30.3 Å². The Labute approximate surface area is 131 Å². The first-order valence-corrected chi connectivity index (χ1v) is 8.48. The summed E-state index contributed by atoms with van der Waals surface area (Å²) in [6.45, 7) is 2.87. The zero-order valence-electron chi connectivity index (χ0n) is 12.8. The van der Waals surface area contributed by atoms with E-state index in [-0.39, 0.29) is 11.8 Å². The van der Waals surface area contributed by atoms with Crippen LogP contribution in [0.5, 0.6) is 0 Å². The SMILES string of the molecule is O=C(NCC1[C@H]2CNC[C@@H]12)C(O)(c1ccccc1)C1CCC1. The molecule has 1 aromatic rings. The molecule has 1 aliphatic heterocycles. The number of hydrogen-bond acceptors (Lipinski definition) is 3. The monoisotopic (exact) mass is 300 g/mol. The smallest absolute Gasteiger partial charge is 0.256 e. The molecule has 4 rings (SSSR count). The largest absolute Gasteiger partial charge is 0.375 e. The third-order valence-electron chi connectivity index (χ3n) is 6.02. The molecule has 3 N–H and O–H groups in total. The summed E-state index contributed by atoms with van der Waals surface area (Å²) >= 11 is 0. The normalized spacial score (nSPS) is 32.7. The van der Waals surface area contributed by atoms with Crippen molar-refractivity contribution >= 4 is 5.91 Å². The second-order valence-electron chi connectivity index (χ2n) is 7.12. The van der Waals surface area contributed by atoms with Gasteiger partial charge in [0.25, 0.3) is 5.91 Å². The fourth-order valence-corrected chi connectivity index (χ4v) is 4.27. The van der Waals surface area contributed by atoms with Crippen LogP contribution in [0.15, 0.2) is 30.3 Å². The summed E-state index contributed by atoms with van der Waals surface area (Å²) in [6, 6.07) is 9.44. The number of carbonyl (C=O) groups excluding carboxylic acids is 1. The number of piperidine rings is 1. The first kappa shape index (κ1) is 14.2. The molecule has 0 aromatic heterocycles. The number of rotatable bonds is 5. The van der Waals surface area contributed by atoms with Gasteiger partial charge in [-0.1, -0.05) is 36.8 Å². The van der Waals surface area contributed by atoms with Gasteiger partial charge < -0.3 is 15.7 Å². The van der Waals surface area contributed by atoms with E-state index >= 15 is 0 Å². The molecule has 1 amide bonds. The van der Waals surface area contributed by atoms with Gasteiger partial charge >= 0.3 is 0 Å². The molecule has 0 bridgehead atoms. The summed E-state index contributed by atoms with van der Waals surface area (Å²) < 4.78 is 0. The maximum absolute atomic E-state index is 12.8. The van der Waals surface area contributed by atoms with Crippen molar-refractivity contribution in [1.82, 2.24) is 10.6 Å². The molecule has 0 radical (unpaired) electrons. The zero-order chi connectivity index (χ0) is 15.2. The van der Waals surface area contributed by atoms with Crippen LogP contribution in [-0.4, -0.2) is 30.6 Å². The molecule has 2 aliphatic carbocycles. The quantitative estimate of drug-likeness (QED) is 0.767. The summed E-state index contributed by atoms with van der Waals surface area (Å²) in [7, 11) is 0. The minimum absolute atomic E-state index is 0.0512. The minimum Gasteiger partial charge on any atom is -0.375 e. The number of benzene rings is 1. The van der Waals surface area contributed by atoms with Gasteiger partial charge in [-0.05, 0) is 49.2 Å². The van der Waals surface area contributed by atoms with Crippen molar-refractivity contribution in [3.05, 3.63) is 35.9 Å². The van der Waals surface area contributed by atoms with Crippen LogP contribution in [0.2, 0.25) is 0 Å². The molecule has 1 heterocycles. The van der Waals surface area contributed by atoms with Gasteiger partial charge in [0.2, 0.25) is 0 Å². The number of hydrogen-bond donors (Lipinski definition) is 3. The third-order valence-corrected chi connectivity index (χ3v) is 6.02. The van der Waals surface area contributed by atoms with Gasteiger partial charge in [-0.25, -0.2) is 0 Å². The highest BCUT2D eigenvalue weighted by atomic mass is 16.3. The summed E-state index contributed by atoms with van der Waals surface area (Å²) in [5.74, 6) is 1.91. The van der Waals surface area contributed by atoms with Crippen molar-refractivity contribution in [3.8, 4) is 0 Å². The molecule has 1 aromatic carbocycles. The average molecular weight is 300 g/mol. The molecule has 118 valence electrons. The van der Waals surface area contributed by atoms with Crippen LogP contribution in [0.25, 0.3) is 0 Å². The maximum atomic E-state index is 12.8. The van der Waals surface area contributed by atoms with Gasteiger partial charge in [-0.3, -0.25) is 4.79 Å². The van der Waals surface area contributed by atoms with Crippen LogP contribution in [0.1, 0.15) is 24.8 Å². The summed E-state index contributed by atoms with van der Waals surface area (Å²) in [6.07, 6.45) is 2.96. The molecule has 1 saturated heterocycles. The van der Waals surface area contributed by atoms with Gasteiger partial charge in [0.05, 0.1) is 0 Å². The number of carbonyl (C=O) groups is 1. The lowest BCUT2D eigenvalue weighted by Crippen LogP contribution is -2.52. The summed E-state index contributed by atoms with van der Waals surface area (Å²) in [5, 5.41) is 17.6. The molecule has 2 unspecified atom stereocenters. The topological polar surface area (TPSA) is 61.4 Å². The number of nitrogens with one attached hydrogen (secondary N) is 2. The second kappa shape index (κ2) is 5.36. The number of amides is 1. The van der Waals surface area contributed by atoms with Gasteiger partial charge in [0.1, 0.15) is 0 Å². The molecule has 3 aliphatic rings. The number of fused-ring (bicyclic) bond motifs is 1. The molecular weight excluding hydrogens is 276 g/mol. The molecule has 22 heavy (non-hydrogen) atoms. The van der Waals surface area contributed by atoms with Crippen molar-refractivity contribution in [1.29, 1.82) is 0 Å². The molecule has 4 heteroatoms. The Morgan fingerprint density at radius 3 is 2.50 bits per heavy atom. The van der Waals surface area contributed by atoms with Crippen LogP contribution in [0.4, 0.5) is 0 Å². The third kappa shape index (κ3) is 2.17. The van der Waals surface area contributed by atoms with Crippen molar-refractivity contribution in [2.45, 2.75) is 24.9 Å². The van der Waals surface area contributed by atoms with Gasteiger partial charge in [0, 0.05) is 12.5 Å². The van der Waals surface area contributed by atoms with Gasteiger partial charge in [-0.2, -0.15) is 0 Å². The van der Waals surface area contributed by atoms with E-state index < -0.39 is 5.60 Å². The van der Waals surface area contributed by atoms with E-state index in [9.17, 15) is 9.90 Å². The van der Waals surface area contributed by atoms with E-state index in [4.69, 9.17) is 0 Å². The van der Waals surface area contributed by atoms with E-state index in [0.29, 0.717) is 12.5 Å². The second-order valence-corrected chi connectivity index (χ2v) is 7.12. The van der Waals surface area contributed by atoms with Crippen molar-refractivity contribution < 1.29 is 9.90 Å². The molecule has 0 spiro atoms. The Bertz CT molecular complexity index is 547. The van der Waals surface area contributed by atoms with Crippen LogP contribution >= 0.6 is 0 Å². The Kier molecular flexibility index (Phi) is 3.46. The van der Waals surface area contributed by atoms with E-state index in [1.165, 1.54) is 0 Å². The Hall–Kier alpha value is -1.39. The van der Waals surface area contributed by atoms with Crippen molar-refractivity contribution in [2.24, 2.45) is 23.7 Å². The standard InChI is InChI=1S/C18H24N2O2/c21-17(20-11-16-14-9-19-10-15(14)16)18(22,13-7-4-8-13)12-5-2-1-3-6-12/h1-3,5-6,13-16,19,22H,4,7-11H2,(H,20,21)/t14-,15+,16?,18?. The first-order valence-electron chi connectivity index (χ1n) is 8.48. The summed E-state index contributed by atoms with van der Waals surface area (Å²) in [5.41, 5.74) is -0.628. The average Bonchev–Trinajstić information content (AvgIpc) is 2.92. The summed E-state index contributed by atoms with van der Waals surface area (Å²) in [4.78, 5) is 12.8. The number of aliphatic hydroxyl groups is 1. The Morgan fingerprint density at radius 2 is 1.91 bits per heavy atom. The molecule has 4 nitrogen and oxygen atoms in total. The highest BCUT2D eigenvalue weighted by Gasteiger charge is 2.53. The molecule has 2 saturated carbocycles. The fourth-order valence-electron chi connectivity index (χ4n) is 4.27. The Balaban J connectivity index is 1.47.